The molecule has 8 heteroatoms. The van der Waals surface area contributed by atoms with Crippen LogP contribution < -0.4 is 16.2 Å². The summed E-state index contributed by atoms with van der Waals surface area (Å²) in [6.07, 6.45) is 0. The van der Waals surface area contributed by atoms with Crippen LogP contribution >= 0.6 is 0 Å². The van der Waals surface area contributed by atoms with Crippen LogP contribution in [0, 0.1) is 0 Å². The summed E-state index contributed by atoms with van der Waals surface area (Å²) in [5.41, 5.74) is 11.2. The van der Waals surface area contributed by atoms with E-state index in [2.05, 4.69) is 0 Å². The Bertz CT molecular complexity index is 444. The average Bonchev–Trinajstić information content (AvgIpc) is 2.29. The highest BCUT2D eigenvalue weighted by Crippen LogP contribution is 2.32. The zero-order valence-electron chi connectivity index (χ0n) is 12.9. The Morgan fingerprint density at radius 1 is 1.14 bits per heavy atom. The number of para-hydroxylation sites is 1. The van der Waals surface area contributed by atoms with Gasteiger partial charge in [-0.15, -0.1) is 0 Å². The third-order valence-electron chi connectivity index (χ3n) is 3.21. The van der Waals surface area contributed by atoms with E-state index in [1.165, 1.54) is 0 Å². The van der Waals surface area contributed by atoms with Gasteiger partial charge in [0.05, 0.1) is 11.3 Å². The van der Waals surface area contributed by atoms with E-state index in [1.54, 1.807) is 19.9 Å². The summed E-state index contributed by atoms with van der Waals surface area (Å²) in [5.74, 6) is 0.556. The molecule has 1 aromatic rings. The van der Waals surface area contributed by atoms with Gasteiger partial charge in [-0.2, -0.15) is 0 Å². The molecule has 1 rings (SSSR count). The molecule has 0 radical (unpaired) electrons. The molecule has 0 amide bonds. The third-order valence-corrected chi connectivity index (χ3v) is 3.21. The van der Waals surface area contributed by atoms with Crippen LogP contribution in [0.1, 0.15) is 33.3 Å². The predicted molar refractivity (Wildman–Crippen MR) is 82.2 cm³/mol. The lowest BCUT2D eigenvalue weighted by Gasteiger charge is -2.37. The lowest BCUT2D eigenvalue weighted by molar-refractivity contribution is -0.0903. The molecule has 0 atom stereocenters. The molecule has 21 heavy (non-hydrogen) atoms. The van der Waals surface area contributed by atoms with Gasteiger partial charge in [0.1, 0.15) is 11.4 Å². The Morgan fingerprint density at radius 3 is 2.00 bits per heavy atom. The molecule has 0 bridgehead atoms. The van der Waals surface area contributed by atoms with Crippen LogP contribution in [0.3, 0.4) is 0 Å². The maximum absolute atomic E-state index is 10.0. The average molecular weight is 300 g/mol. The van der Waals surface area contributed by atoms with Crippen molar-refractivity contribution in [3.05, 3.63) is 23.8 Å². The monoisotopic (exact) mass is 300 g/mol. The smallest absolute Gasteiger partial charge is 0.483 e. The molecule has 0 spiro atoms. The molecule has 0 unspecified atom stereocenters. The molecule has 0 heterocycles. The molecular formula is C13H25BN2O5. The van der Waals surface area contributed by atoms with Gasteiger partial charge >= 0.3 is 7.32 Å². The standard InChI is InChI=1S/C13H22N2O2.BH3O3/c1-12(2,16)13(3,4)17-10-7-5-6-9(8-14)11(10)15;2-1(3)4/h5-7,16H,8,14-15H2,1-4H3;2-4H. The highest BCUT2D eigenvalue weighted by atomic mass is 16.5. The molecule has 0 aromatic heterocycles. The largest absolute Gasteiger partial charge is 0.631 e. The van der Waals surface area contributed by atoms with Gasteiger partial charge in [0.25, 0.3) is 0 Å². The van der Waals surface area contributed by atoms with E-state index in [0.29, 0.717) is 18.0 Å². The Hall–Kier alpha value is -1.32. The fourth-order valence-corrected chi connectivity index (χ4v) is 1.26. The minimum absolute atomic E-state index is 0.367. The van der Waals surface area contributed by atoms with Crippen molar-refractivity contribution >= 4 is 13.0 Å². The molecule has 8 N–H and O–H groups in total. The zero-order valence-corrected chi connectivity index (χ0v) is 12.9. The van der Waals surface area contributed by atoms with E-state index in [4.69, 9.17) is 31.3 Å². The molecular weight excluding hydrogens is 275 g/mol. The van der Waals surface area contributed by atoms with E-state index < -0.39 is 18.5 Å². The normalized spacial score (nSPS) is 11.5. The molecule has 0 saturated heterocycles. The molecule has 120 valence electrons. The maximum Gasteiger partial charge on any atom is 0.631 e. The number of benzene rings is 1. The Kier molecular flexibility index (Phi) is 7.15. The van der Waals surface area contributed by atoms with Crippen LogP contribution in [-0.2, 0) is 6.54 Å². The van der Waals surface area contributed by atoms with Crippen LogP contribution in [-0.4, -0.2) is 38.7 Å². The summed E-state index contributed by atoms with van der Waals surface area (Å²) >= 11 is 0. The first kappa shape index (κ1) is 19.7. The van der Waals surface area contributed by atoms with Crippen LogP contribution in [0.2, 0.25) is 0 Å². The first-order valence-electron chi connectivity index (χ1n) is 6.45. The van der Waals surface area contributed by atoms with E-state index in [-0.39, 0.29) is 0 Å². The number of anilines is 1. The lowest BCUT2D eigenvalue weighted by Crippen LogP contribution is -2.49. The fraction of sp³-hybridized carbons (Fsp3) is 0.538. The second kappa shape index (κ2) is 7.62. The quantitative estimate of drug-likeness (QED) is 0.328. The summed E-state index contributed by atoms with van der Waals surface area (Å²) in [6, 6.07) is 5.48. The minimum Gasteiger partial charge on any atom is -0.483 e. The van der Waals surface area contributed by atoms with Crippen molar-refractivity contribution < 1.29 is 24.9 Å². The summed E-state index contributed by atoms with van der Waals surface area (Å²) < 4.78 is 5.81. The second-order valence-corrected chi connectivity index (χ2v) is 5.55. The van der Waals surface area contributed by atoms with Gasteiger partial charge in [-0.25, -0.2) is 0 Å². The van der Waals surface area contributed by atoms with Crippen molar-refractivity contribution in [2.45, 2.75) is 45.4 Å². The topological polar surface area (TPSA) is 142 Å². The lowest BCUT2D eigenvalue weighted by atomic mass is 9.89. The molecule has 0 aliphatic rings. The van der Waals surface area contributed by atoms with Gasteiger partial charge < -0.3 is 36.4 Å². The van der Waals surface area contributed by atoms with Gasteiger partial charge in [-0.05, 0) is 39.3 Å². The number of rotatable bonds is 4. The van der Waals surface area contributed by atoms with E-state index in [0.717, 1.165) is 5.56 Å². The molecule has 7 nitrogen and oxygen atoms in total. The summed E-state index contributed by atoms with van der Waals surface area (Å²) in [5, 5.41) is 31.5. The Morgan fingerprint density at radius 2 is 1.62 bits per heavy atom. The van der Waals surface area contributed by atoms with Crippen LogP contribution in [0.4, 0.5) is 5.69 Å². The van der Waals surface area contributed by atoms with Crippen molar-refractivity contribution in [3.8, 4) is 5.75 Å². The fourth-order valence-electron chi connectivity index (χ4n) is 1.26. The molecule has 0 fully saturated rings. The Labute approximate surface area is 125 Å². The minimum atomic E-state index is -2.17. The van der Waals surface area contributed by atoms with Crippen LogP contribution in [0.25, 0.3) is 0 Å². The van der Waals surface area contributed by atoms with E-state index >= 15 is 0 Å². The number of nitrogens with two attached hydrogens (primary N) is 2. The zero-order chi connectivity index (χ0) is 16.8. The first-order chi connectivity index (χ1) is 9.42. The molecule has 0 aliphatic heterocycles. The molecule has 0 aliphatic carbocycles. The molecule has 1 aromatic carbocycles. The number of hydrogen-bond donors (Lipinski definition) is 6. The Balaban J connectivity index is 0.000000885. The van der Waals surface area contributed by atoms with Gasteiger partial charge in [0.2, 0.25) is 0 Å². The summed E-state index contributed by atoms with van der Waals surface area (Å²) in [7, 11) is -2.17. The van der Waals surface area contributed by atoms with Crippen LogP contribution in [0.15, 0.2) is 18.2 Å². The van der Waals surface area contributed by atoms with Gasteiger partial charge in [0.15, 0.2) is 0 Å². The van der Waals surface area contributed by atoms with Crippen molar-refractivity contribution in [2.24, 2.45) is 5.73 Å². The molecule has 0 saturated carbocycles. The van der Waals surface area contributed by atoms with Crippen molar-refractivity contribution in [1.82, 2.24) is 0 Å². The number of aliphatic hydroxyl groups is 1. The summed E-state index contributed by atoms with van der Waals surface area (Å²) in [6.45, 7) is 7.42. The highest BCUT2D eigenvalue weighted by molar-refractivity contribution is 6.30. The second-order valence-electron chi connectivity index (χ2n) is 5.55. The van der Waals surface area contributed by atoms with Crippen LogP contribution in [0.5, 0.6) is 5.75 Å². The van der Waals surface area contributed by atoms with Crippen molar-refractivity contribution in [1.29, 1.82) is 0 Å². The highest BCUT2D eigenvalue weighted by Gasteiger charge is 2.37. The number of nitrogen functional groups attached to an aromatic ring is 1. The van der Waals surface area contributed by atoms with E-state index in [9.17, 15) is 5.11 Å². The van der Waals surface area contributed by atoms with Crippen molar-refractivity contribution in [2.75, 3.05) is 5.73 Å². The third kappa shape index (κ3) is 6.32. The number of hydrogen-bond acceptors (Lipinski definition) is 7. The first-order valence-corrected chi connectivity index (χ1v) is 6.45. The SMILES string of the molecule is CC(C)(O)C(C)(C)Oc1cccc(CN)c1N.OB(O)O. The summed E-state index contributed by atoms with van der Waals surface area (Å²) in [4.78, 5) is 0. The predicted octanol–water partition coefficient (Wildman–Crippen LogP) is -0.396. The van der Waals surface area contributed by atoms with Gasteiger partial charge in [0, 0.05) is 6.54 Å². The maximum atomic E-state index is 10.0. The van der Waals surface area contributed by atoms with Gasteiger partial charge in [-0.1, -0.05) is 12.1 Å². The van der Waals surface area contributed by atoms with E-state index in [1.807, 2.05) is 26.0 Å². The van der Waals surface area contributed by atoms with Gasteiger partial charge in [-0.3, -0.25) is 0 Å². The number of ether oxygens (including phenoxy) is 1. The van der Waals surface area contributed by atoms with Crippen molar-refractivity contribution in [3.63, 3.8) is 0 Å².